The van der Waals surface area contributed by atoms with Gasteiger partial charge in [0, 0.05) is 5.02 Å². The van der Waals surface area contributed by atoms with E-state index in [1.807, 2.05) is 12.1 Å². The average molecular weight is 203 g/mol. The third-order valence-electron chi connectivity index (χ3n) is 1.88. The van der Waals surface area contributed by atoms with E-state index < -0.39 is 0 Å². The topological polar surface area (TPSA) is 47.6 Å². The number of hydrogen-bond donors (Lipinski definition) is 0. The molecule has 0 heterocycles. The number of halogens is 1. The molecule has 3 heteroatoms. The predicted octanol–water partition coefficient (Wildman–Crippen LogP) is 3.16. The summed E-state index contributed by atoms with van der Waals surface area (Å²) in [4.78, 5) is 0. The first kappa shape index (κ1) is 10.3. The van der Waals surface area contributed by atoms with Gasteiger partial charge in [0.15, 0.2) is 0 Å². The highest BCUT2D eigenvalue weighted by Gasteiger charge is 2.02. The van der Waals surface area contributed by atoms with Crippen molar-refractivity contribution in [1.82, 2.24) is 0 Å². The van der Waals surface area contributed by atoms with Crippen LogP contribution in [0, 0.1) is 22.7 Å². The van der Waals surface area contributed by atoms with Gasteiger partial charge >= 0.3 is 0 Å². The third-order valence-corrected chi connectivity index (χ3v) is 2.13. The van der Waals surface area contributed by atoms with Crippen molar-refractivity contribution in [3.8, 4) is 12.1 Å². The fraction of sp³-hybridized carbons (Fsp3) is 0.0909. The van der Waals surface area contributed by atoms with E-state index in [0.29, 0.717) is 10.6 Å². The van der Waals surface area contributed by atoms with Gasteiger partial charge in [-0.15, -0.1) is 0 Å². The van der Waals surface area contributed by atoms with E-state index in [1.54, 1.807) is 31.2 Å². The van der Waals surface area contributed by atoms with Gasteiger partial charge in [0.25, 0.3) is 0 Å². The van der Waals surface area contributed by atoms with E-state index in [-0.39, 0.29) is 5.57 Å². The summed E-state index contributed by atoms with van der Waals surface area (Å²) in [5.41, 5.74) is 1.64. The maximum absolute atomic E-state index is 8.66. The first-order valence-electron chi connectivity index (χ1n) is 3.96. The molecule has 0 aliphatic rings. The Hall–Kier alpha value is -1.77. The van der Waals surface area contributed by atoms with Crippen LogP contribution in [0.25, 0.3) is 5.57 Å². The number of nitriles is 2. The maximum atomic E-state index is 8.66. The summed E-state index contributed by atoms with van der Waals surface area (Å²) in [6.45, 7) is 1.74. The largest absolute Gasteiger partial charge is 0.192 e. The van der Waals surface area contributed by atoms with Crippen molar-refractivity contribution in [3.63, 3.8) is 0 Å². The average Bonchev–Trinajstić information content (AvgIpc) is 2.20. The number of benzene rings is 1. The van der Waals surface area contributed by atoms with Gasteiger partial charge in [0.05, 0.1) is 0 Å². The molecule has 2 nitrogen and oxygen atoms in total. The van der Waals surface area contributed by atoms with E-state index in [1.165, 1.54) is 0 Å². The standard InChI is InChI=1S/C11H7ClN2/c1-8(10(6-13)7-14)9-2-4-11(12)5-3-9/h2-5H,1H3. The predicted molar refractivity (Wildman–Crippen MR) is 55.3 cm³/mol. The lowest BCUT2D eigenvalue weighted by Crippen LogP contribution is -1.83. The van der Waals surface area contributed by atoms with Crippen LogP contribution in [0.4, 0.5) is 0 Å². The highest BCUT2D eigenvalue weighted by Crippen LogP contribution is 2.19. The van der Waals surface area contributed by atoms with Gasteiger partial charge in [0.1, 0.15) is 17.7 Å². The van der Waals surface area contributed by atoms with E-state index >= 15 is 0 Å². The fourth-order valence-corrected chi connectivity index (χ4v) is 1.16. The van der Waals surface area contributed by atoms with Gasteiger partial charge in [-0.1, -0.05) is 23.7 Å². The fourth-order valence-electron chi connectivity index (χ4n) is 1.04. The molecule has 0 saturated carbocycles. The van der Waals surface area contributed by atoms with Crippen LogP contribution in [0.1, 0.15) is 12.5 Å². The zero-order valence-electron chi connectivity index (χ0n) is 7.58. The Bertz CT molecular complexity index is 428. The number of hydrogen-bond acceptors (Lipinski definition) is 2. The van der Waals surface area contributed by atoms with Gasteiger partial charge in [0.2, 0.25) is 0 Å². The molecule has 68 valence electrons. The number of nitrogens with zero attached hydrogens (tertiary/aromatic N) is 2. The van der Waals surface area contributed by atoms with E-state index in [0.717, 1.165) is 5.56 Å². The molecule has 0 spiro atoms. The summed E-state index contributed by atoms with van der Waals surface area (Å²) >= 11 is 5.72. The molecule has 0 bridgehead atoms. The van der Waals surface area contributed by atoms with Gasteiger partial charge in [-0.25, -0.2) is 0 Å². The zero-order valence-corrected chi connectivity index (χ0v) is 8.34. The summed E-state index contributed by atoms with van der Waals surface area (Å²) in [5.74, 6) is 0. The molecule has 0 aliphatic heterocycles. The first-order valence-corrected chi connectivity index (χ1v) is 4.34. The van der Waals surface area contributed by atoms with Gasteiger partial charge in [-0.2, -0.15) is 10.5 Å². The Balaban J connectivity index is 3.21. The van der Waals surface area contributed by atoms with Crippen LogP contribution in [0.2, 0.25) is 5.02 Å². The minimum atomic E-state index is 0.132. The molecule has 0 aromatic heterocycles. The summed E-state index contributed by atoms with van der Waals surface area (Å²) in [5, 5.41) is 17.9. The molecule has 0 fully saturated rings. The smallest absolute Gasteiger partial charge is 0.133 e. The Morgan fingerprint density at radius 3 is 2.07 bits per heavy atom. The van der Waals surface area contributed by atoms with Gasteiger partial charge < -0.3 is 0 Å². The SMILES string of the molecule is CC(=C(C#N)C#N)c1ccc(Cl)cc1. The second-order valence-electron chi connectivity index (χ2n) is 2.73. The van der Waals surface area contributed by atoms with Gasteiger partial charge in [-0.3, -0.25) is 0 Å². The summed E-state index contributed by atoms with van der Waals surface area (Å²) in [7, 11) is 0. The molecular formula is C11H7ClN2. The van der Waals surface area contributed by atoms with Crippen LogP contribution in [0.5, 0.6) is 0 Å². The normalized spacial score (nSPS) is 8.57. The van der Waals surface area contributed by atoms with Crippen LogP contribution in [0.3, 0.4) is 0 Å². The summed E-state index contributed by atoms with van der Waals surface area (Å²) in [6, 6.07) is 10.7. The summed E-state index contributed by atoms with van der Waals surface area (Å²) in [6.07, 6.45) is 0. The molecule has 0 radical (unpaired) electrons. The van der Waals surface area contributed by atoms with Crippen LogP contribution in [-0.4, -0.2) is 0 Å². The van der Waals surface area contributed by atoms with Gasteiger partial charge in [-0.05, 0) is 30.2 Å². The molecule has 1 aromatic carbocycles. The zero-order chi connectivity index (χ0) is 10.6. The van der Waals surface area contributed by atoms with Crippen LogP contribution >= 0.6 is 11.6 Å². The Kier molecular flexibility index (Phi) is 3.29. The van der Waals surface area contributed by atoms with Crippen molar-refractivity contribution in [2.24, 2.45) is 0 Å². The number of rotatable bonds is 1. The Labute approximate surface area is 87.7 Å². The summed E-state index contributed by atoms with van der Waals surface area (Å²) < 4.78 is 0. The van der Waals surface area contributed by atoms with Crippen molar-refractivity contribution < 1.29 is 0 Å². The molecule has 1 rings (SSSR count). The minimum absolute atomic E-state index is 0.132. The van der Waals surface area contributed by atoms with Crippen molar-refractivity contribution in [2.45, 2.75) is 6.92 Å². The Morgan fingerprint density at radius 1 is 1.14 bits per heavy atom. The van der Waals surface area contributed by atoms with Crippen molar-refractivity contribution in [2.75, 3.05) is 0 Å². The van der Waals surface area contributed by atoms with E-state index in [2.05, 4.69) is 0 Å². The monoisotopic (exact) mass is 202 g/mol. The lowest BCUT2D eigenvalue weighted by molar-refractivity contribution is 1.44. The highest BCUT2D eigenvalue weighted by atomic mass is 35.5. The Morgan fingerprint density at radius 2 is 1.64 bits per heavy atom. The second-order valence-corrected chi connectivity index (χ2v) is 3.17. The second kappa shape index (κ2) is 4.46. The molecular weight excluding hydrogens is 196 g/mol. The van der Waals surface area contributed by atoms with Crippen molar-refractivity contribution in [1.29, 1.82) is 10.5 Å². The lowest BCUT2D eigenvalue weighted by Gasteiger charge is -2.00. The van der Waals surface area contributed by atoms with Crippen LogP contribution < -0.4 is 0 Å². The molecule has 1 aromatic rings. The molecule has 0 saturated heterocycles. The van der Waals surface area contributed by atoms with E-state index in [4.69, 9.17) is 22.1 Å². The molecule has 0 unspecified atom stereocenters. The minimum Gasteiger partial charge on any atom is -0.192 e. The first-order chi connectivity index (χ1) is 6.69. The van der Waals surface area contributed by atoms with Crippen molar-refractivity contribution >= 4 is 17.2 Å². The third kappa shape index (κ3) is 2.13. The van der Waals surface area contributed by atoms with Crippen LogP contribution in [0.15, 0.2) is 29.8 Å². The van der Waals surface area contributed by atoms with E-state index in [9.17, 15) is 0 Å². The molecule has 0 atom stereocenters. The lowest BCUT2D eigenvalue weighted by atomic mass is 10.0. The molecule has 0 aliphatic carbocycles. The molecule has 14 heavy (non-hydrogen) atoms. The quantitative estimate of drug-likeness (QED) is 0.657. The molecule has 0 amide bonds. The molecule has 0 N–H and O–H groups in total. The van der Waals surface area contributed by atoms with Crippen LogP contribution in [-0.2, 0) is 0 Å². The number of allylic oxidation sites excluding steroid dienone is 2. The maximum Gasteiger partial charge on any atom is 0.133 e. The van der Waals surface area contributed by atoms with Crippen molar-refractivity contribution in [3.05, 3.63) is 40.4 Å². The highest BCUT2D eigenvalue weighted by molar-refractivity contribution is 6.30.